The molecular weight excluding hydrogens is 314 g/mol. The molecule has 1 unspecified atom stereocenters. The zero-order chi connectivity index (χ0) is 13.1. The average Bonchev–Trinajstić information content (AvgIpc) is 2.35. The Balaban J connectivity index is 2.30. The van der Waals surface area contributed by atoms with Crippen LogP contribution in [0.2, 0.25) is 0 Å². The van der Waals surface area contributed by atoms with Gasteiger partial charge in [0.1, 0.15) is 16.6 Å². The van der Waals surface area contributed by atoms with E-state index < -0.39 is 0 Å². The van der Waals surface area contributed by atoms with Gasteiger partial charge in [-0.15, -0.1) is 0 Å². The quantitative estimate of drug-likeness (QED) is 0.864. The first-order valence-electron chi connectivity index (χ1n) is 6.20. The van der Waals surface area contributed by atoms with Gasteiger partial charge >= 0.3 is 0 Å². The second kappa shape index (κ2) is 6.23. The van der Waals surface area contributed by atoms with E-state index >= 15 is 0 Å². The number of nitrogens with zero attached hydrogens (tertiary/aromatic N) is 2. The lowest BCUT2D eigenvalue weighted by atomic mass is 10.2. The van der Waals surface area contributed by atoms with Crippen LogP contribution in [-0.4, -0.2) is 41.6 Å². The van der Waals surface area contributed by atoms with E-state index in [-0.39, 0.29) is 6.10 Å². The van der Waals surface area contributed by atoms with Crippen molar-refractivity contribution in [2.75, 3.05) is 26.7 Å². The Morgan fingerprint density at radius 1 is 1.61 bits per heavy atom. The van der Waals surface area contributed by atoms with Gasteiger partial charge in [-0.25, -0.2) is 4.98 Å². The monoisotopic (exact) mass is 331 g/mol. The fourth-order valence-corrected chi connectivity index (χ4v) is 2.65. The SMILES string of the molecule is CCCc1[nH]c(C2CN(C)CCO2)nc(=S)c1Br. The van der Waals surface area contributed by atoms with Crippen LogP contribution < -0.4 is 0 Å². The summed E-state index contributed by atoms with van der Waals surface area (Å²) in [6, 6.07) is 0. The molecule has 1 aliphatic heterocycles. The van der Waals surface area contributed by atoms with Crippen LogP contribution in [0.4, 0.5) is 0 Å². The van der Waals surface area contributed by atoms with Gasteiger partial charge in [0.25, 0.3) is 0 Å². The Morgan fingerprint density at radius 2 is 2.39 bits per heavy atom. The van der Waals surface area contributed by atoms with Gasteiger partial charge in [0.05, 0.1) is 11.1 Å². The van der Waals surface area contributed by atoms with E-state index in [1.807, 2.05) is 0 Å². The zero-order valence-corrected chi connectivity index (χ0v) is 13.1. The van der Waals surface area contributed by atoms with E-state index in [0.29, 0.717) is 4.64 Å². The fraction of sp³-hybridized carbons (Fsp3) is 0.667. The molecule has 0 saturated carbocycles. The molecule has 1 atom stereocenters. The molecule has 2 rings (SSSR count). The minimum Gasteiger partial charge on any atom is -0.368 e. The zero-order valence-electron chi connectivity index (χ0n) is 10.7. The maximum Gasteiger partial charge on any atom is 0.144 e. The molecule has 2 heterocycles. The van der Waals surface area contributed by atoms with Crippen molar-refractivity contribution in [1.29, 1.82) is 0 Å². The van der Waals surface area contributed by atoms with E-state index in [1.54, 1.807) is 0 Å². The minimum atomic E-state index is -0.00541. The maximum atomic E-state index is 5.77. The van der Waals surface area contributed by atoms with Crippen molar-refractivity contribution < 1.29 is 4.74 Å². The summed E-state index contributed by atoms with van der Waals surface area (Å²) in [5.41, 5.74) is 1.12. The predicted molar refractivity (Wildman–Crippen MR) is 77.3 cm³/mol. The van der Waals surface area contributed by atoms with Crippen LogP contribution in [-0.2, 0) is 11.2 Å². The van der Waals surface area contributed by atoms with Crippen molar-refractivity contribution in [3.05, 3.63) is 20.6 Å². The number of nitrogens with one attached hydrogen (secondary N) is 1. The van der Waals surface area contributed by atoms with Crippen molar-refractivity contribution >= 4 is 28.1 Å². The lowest BCUT2D eigenvalue weighted by Gasteiger charge is -2.29. The van der Waals surface area contributed by atoms with E-state index in [9.17, 15) is 0 Å². The number of aromatic nitrogens is 2. The molecule has 0 radical (unpaired) electrons. The minimum absolute atomic E-state index is 0.00541. The molecule has 0 spiro atoms. The summed E-state index contributed by atoms with van der Waals surface area (Å²) in [7, 11) is 2.09. The van der Waals surface area contributed by atoms with Gasteiger partial charge in [-0.2, -0.15) is 0 Å². The molecule has 1 N–H and O–H groups in total. The molecule has 1 aliphatic rings. The van der Waals surface area contributed by atoms with Gasteiger partial charge in [-0.1, -0.05) is 25.6 Å². The van der Waals surface area contributed by atoms with E-state index in [2.05, 4.69) is 44.8 Å². The van der Waals surface area contributed by atoms with Crippen molar-refractivity contribution in [2.45, 2.75) is 25.9 Å². The first-order valence-corrected chi connectivity index (χ1v) is 7.40. The molecule has 4 nitrogen and oxygen atoms in total. The van der Waals surface area contributed by atoms with Crippen molar-refractivity contribution in [3.63, 3.8) is 0 Å². The first-order chi connectivity index (χ1) is 8.61. The van der Waals surface area contributed by atoms with Crippen molar-refractivity contribution in [1.82, 2.24) is 14.9 Å². The summed E-state index contributed by atoms with van der Waals surface area (Å²) in [4.78, 5) is 10.0. The second-order valence-electron chi connectivity index (χ2n) is 4.59. The molecule has 1 saturated heterocycles. The Bertz CT molecular complexity index is 477. The number of hydrogen-bond donors (Lipinski definition) is 1. The van der Waals surface area contributed by atoms with Gasteiger partial charge in [0.15, 0.2) is 0 Å². The van der Waals surface area contributed by atoms with Crippen LogP contribution in [0.1, 0.15) is 31.0 Å². The number of rotatable bonds is 3. The Hall–Kier alpha value is -0.300. The van der Waals surface area contributed by atoms with Gasteiger partial charge in [-0.3, -0.25) is 0 Å². The second-order valence-corrected chi connectivity index (χ2v) is 5.77. The Morgan fingerprint density at radius 3 is 3.06 bits per heavy atom. The smallest absolute Gasteiger partial charge is 0.144 e. The van der Waals surface area contributed by atoms with Crippen LogP contribution in [0.15, 0.2) is 4.47 Å². The van der Waals surface area contributed by atoms with Gasteiger partial charge < -0.3 is 14.6 Å². The van der Waals surface area contributed by atoms with Crippen LogP contribution in [0.5, 0.6) is 0 Å². The summed E-state index contributed by atoms with van der Waals surface area (Å²) < 4.78 is 7.29. The third-order valence-electron chi connectivity index (χ3n) is 3.03. The highest BCUT2D eigenvalue weighted by molar-refractivity contribution is 9.10. The highest BCUT2D eigenvalue weighted by Crippen LogP contribution is 2.23. The van der Waals surface area contributed by atoms with Gasteiger partial charge in [0, 0.05) is 18.8 Å². The molecule has 100 valence electrons. The molecule has 0 amide bonds. The normalized spacial score (nSPS) is 21.2. The number of aromatic amines is 1. The number of halogens is 1. The molecule has 1 aromatic heterocycles. The lowest BCUT2D eigenvalue weighted by molar-refractivity contribution is -0.0256. The number of aryl methyl sites for hydroxylation is 1. The van der Waals surface area contributed by atoms with Crippen LogP contribution >= 0.6 is 28.1 Å². The number of H-pyrrole nitrogens is 1. The molecule has 1 fully saturated rings. The third-order valence-corrected chi connectivity index (χ3v) is 4.44. The number of morpholine rings is 1. The summed E-state index contributed by atoms with van der Waals surface area (Å²) >= 11 is 8.80. The molecule has 1 aromatic rings. The highest BCUT2D eigenvalue weighted by Gasteiger charge is 2.22. The maximum absolute atomic E-state index is 5.77. The standard InChI is InChI=1S/C12H18BrN3OS/c1-3-4-8-10(13)12(18)15-11(14-8)9-7-16(2)5-6-17-9/h9H,3-7H2,1-2H3,(H,14,15,18). The average molecular weight is 332 g/mol. The predicted octanol–water partition coefficient (Wildman–Crippen LogP) is 2.86. The highest BCUT2D eigenvalue weighted by atomic mass is 79.9. The molecule has 0 bridgehead atoms. The Labute approximate surface area is 121 Å². The summed E-state index contributed by atoms with van der Waals surface area (Å²) in [5.74, 6) is 0.846. The molecule has 0 aromatic carbocycles. The molecule has 6 heteroatoms. The molecular formula is C12H18BrN3OS. The topological polar surface area (TPSA) is 41.2 Å². The van der Waals surface area contributed by atoms with Crippen LogP contribution in [0.25, 0.3) is 0 Å². The fourth-order valence-electron chi connectivity index (χ4n) is 2.04. The Kier molecular flexibility index (Phi) is 4.89. The van der Waals surface area contributed by atoms with Gasteiger partial charge in [-0.05, 0) is 29.4 Å². The van der Waals surface area contributed by atoms with E-state index in [0.717, 1.165) is 48.5 Å². The van der Waals surface area contributed by atoms with Crippen LogP contribution in [0.3, 0.4) is 0 Å². The van der Waals surface area contributed by atoms with Crippen LogP contribution in [0, 0.1) is 4.64 Å². The lowest BCUT2D eigenvalue weighted by Crippen LogP contribution is -2.36. The third kappa shape index (κ3) is 3.17. The molecule has 18 heavy (non-hydrogen) atoms. The first kappa shape index (κ1) is 14.1. The van der Waals surface area contributed by atoms with E-state index in [4.69, 9.17) is 17.0 Å². The van der Waals surface area contributed by atoms with Crippen molar-refractivity contribution in [2.24, 2.45) is 0 Å². The molecule has 0 aliphatic carbocycles. The summed E-state index contributed by atoms with van der Waals surface area (Å²) in [6.45, 7) is 4.71. The number of hydrogen-bond acceptors (Lipinski definition) is 4. The summed E-state index contributed by atoms with van der Waals surface area (Å²) in [5, 5.41) is 0. The number of likely N-dealkylation sites (N-methyl/N-ethyl adjacent to an activating group) is 1. The largest absolute Gasteiger partial charge is 0.368 e. The number of ether oxygens (including phenoxy) is 1. The van der Waals surface area contributed by atoms with Gasteiger partial charge in [0.2, 0.25) is 0 Å². The van der Waals surface area contributed by atoms with E-state index in [1.165, 1.54) is 0 Å². The summed E-state index contributed by atoms with van der Waals surface area (Å²) in [6.07, 6.45) is 2.02. The van der Waals surface area contributed by atoms with Crippen molar-refractivity contribution in [3.8, 4) is 0 Å².